The quantitative estimate of drug-likeness (QED) is 0.707. The van der Waals surface area contributed by atoms with Crippen molar-refractivity contribution in [2.45, 2.75) is 32.2 Å². The molecule has 1 unspecified atom stereocenters. The molecule has 19 heavy (non-hydrogen) atoms. The van der Waals surface area contributed by atoms with Gasteiger partial charge in [-0.2, -0.15) is 5.10 Å². The molecule has 106 valence electrons. The summed E-state index contributed by atoms with van der Waals surface area (Å²) in [7, 11) is 1.37. The molecule has 0 saturated carbocycles. The van der Waals surface area contributed by atoms with Crippen LogP contribution in [0.25, 0.3) is 0 Å². The molecule has 7 nitrogen and oxygen atoms in total. The third kappa shape index (κ3) is 3.54. The van der Waals surface area contributed by atoms with Crippen LogP contribution in [0, 0.1) is 0 Å². The van der Waals surface area contributed by atoms with E-state index in [1.165, 1.54) is 14.0 Å². The van der Waals surface area contributed by atoms with Crippen molar-refractivity contribution in [1.29, 1.82) is 0 Å². The summed E-state index contributed by atoms with van der Waals surface area (Å²) in [5.41, 5.74) is -0.510. The van der Waals surface area contributed by atoms with Crippen molar-refractivity contribution in [2.75, 3.05) is 13.7 Å². The number of carboxylic acids is 1. The first-order valence-corrected chi connectivity index (χ1v) is 5.90. The molecule has 7 heteroatoms. The minimum atomic E-state index is -1.48. The van der Waals surface area contributed by atoms with Crippen LogP contribution >= 0.6 is 0 Å². The number of carbonyl (C=O) groups excluding carboxylic acids is 1. The normalized spacial score (nSPS) is 14.2. The Morgan fingerprint density at radius 1 is 1.58 bits per heavy atom. The first-order valence-electron chi connectivity index (χ1n) is 5.90. The first-order chi connectivity index (χ1) is 8.80. The summed E-state index contributed by atoms with van der Waals surface area (Å²) in [6, 6.07) is 1.61. The minimum Gasteiger partial charge on any atom is -0.479 e. The Morgan fingerprint density at radius 2 is 2.21 bits per heavy atom. The molecule has 0 aliphatic carbocycles. The van der Waals surface area contributed by atoms with Gasteiger partial charge in [0.15, 0.2) is 5.54 Å². The van der Waals surface area contributed by atoms with Crippen LogP contribution in [0.5, 0.6) is 0 Å². The number of ether oxygens (including phenoxy) is 1. The van der Waals surface area contributed by atoms with Crippen LogP contribution in [-0.4, -0.2) is 46.4 Å². The first kappa shape index (κ1) is 15.2. The maximum Gasteiger partial charge on any atom is 0.331 e. The maximum absolute atomic E-state index is 12.0. The Hall–Kier alpha value is -1.89. The fraction of sp³-hybridized carbons (Fsp3) is 0.583. The number of methoxy groups -OCH3 is 1. The summed E-state index contributed by atoms with van der Waals surface area (Å²) in [5.74, 6) is -1.51. The van der Waals surface area contributed by atoms with Crippen LogP contribution < -0.4 is 5.32 Å². The number of carbonyl (C=O) groups is 2. The van der Waals surface area contributed by atoms with Crippen LogP contribution in [-0.2, 0) is 9.53 Å². The zero-order chi connectivity index (χ0) is 14.6. The predicted octanol–water partition coefficient (Wildman–Crippen LogP) is 0.753. The third-order valence-electron chi connectivity index (χ3n) is 2.75. The van der Waals surface area contributed by atoms with E-state index in [0.717, 1.165) is 5.69 Å². The second-order valence-electron chi connectivity index (χ2n) is 4.89. The summed E-state index contributed by atoms with van der Waals surface area (Å²) in [5, 5.41) is 18.2. The molecular formula is C12H19N3O4. The summed E-state index contributed by atoms with van der Waals surface area (Å²) in [6.07, 6.45) is 0. The Labute approximate surface area is 111 Å². The molecule has 0 saturated heterocycles. The SMILES string of the molecule is COCC(C)(NC(=O)c1cc(C(C)C)[nH]n1)C(=O)O. The van der Waals surface area contributed by atoms with Crippen molar-refractivity contribution < 1.29 is 19.4 Å². The Bertz CT molecular complexity index is 469. The number of nitrogens with zero attached hydrogens (tertiary/aromatic N) is 1. The average molecular weight is 269 g/mol. The zero-order valence-electron chi connectivity index (χ0n) is 11.5. The predicted molar refractivity (Wildman–Crippen MR) is 68.1 cm³/mol. The van der Waals surface area contributed by atoms with Crippen molar-refractivity contribution >= 4 is 11.9 Å². The number of amides is 1. The largest absolute Gasteiger partial charge is 0.479 e. The van der Waals surface area contributed by atoms with E-state index in [-0.39, 0.29) is 18.2 Å². The molecule has 1 atom stereocenters. The number of H-pyrrole nitrogens is 1. The monoisotopic (exact) mass is 269 g/mol. The van der Waals surface area contributed by atoms with Crippen LogP contribution in [0.4, 0.5) is 0 Å². The zero-order valence-corrected chi connectivity index (χ0v) is 11.5. The Morgan fingerprint density at radius 3 is 2.63 bits per heavy atom. The van der Waals surface area contributed by atoms with Crippen LogP contribution in [0.3, 0.4) is 0 Å². The molecule has 0 bridgehead atoms. The van der Waals surface area contributed by atoms with E-state index in [1.807, 2.05) is 13.8 Å². The number of nitrogens with one attached hydrogen (secondary N) is 2. The van der Waals surface area contributed by atoms with Crippen molar-refractivity contribution in [2.24, 2.45) is 0 Å². The highest BCUT2D eigenvalue weighted by atomic mass is 16.5. The van der Waals surface area contributed by atoms with Crippen molar-refractivity contribution in [3.05, 3.63) is 17.5 Å². The van der Waals surface area contributed by atoms with Gasteiger partial charge in [-0.1, -0.05) is 13.8 Å². The van der Waals surface area contributed by atoms with Gasteiger partial charge >= 0.3 is 5.97 Å². The van der Waals surface area contributed by atoms with Gasteiger partial charge in [0.25, 0.3) is 5.91 Å². The summed E-state index contributed by atoms with van der Waals surface area (Å²) < 4.78 is 4.82. The summed E-state index contributed by atoms with van der Waals surface area (Å²) in [4.78, 5) is 23.1. The van der Waals surface area contributed by atoms with Crippen LogP contribution in [0.15, 0.2) is 6.07 Å². The molecule has 1 amide bonds. The van der Waals surface area contributed by atoms with Gasteiger partial charge in [0.2, 0.25) is 0 Å². The lowest BCUT2D eigenvalue weighted by molar-refractivity contribution is -0.145. The number of aromatic nitrogens is 2. The van der Waals surface area contributed by atoms with Gasteiger partial charge in [0, 0.05) is 12.8 Å². The average Bonchev–Trinajstić information content (AvgIpc) is 2.78. The van der Waals surface area contributed by atoms with E-state index in [9.17, 15) is 9.59 Å². The molecule has 3 N–H and O–H groups in total. The molecule has 1 heterocycles. The van der Waals surface area contributed by atoms with Crippen LogP contribution in [0.1, 0.15) is 42.9 Å². The minimum absolute atomic E-state index is 0.129. The van der Waals surface area contributed by atoms with E-state index in [0.29, 0.717) is 0 Å². The number of hydrogen-bond donors (Lipinski definition) is 3. The van der Waals surface area contributed by atoms with E-state index < -0.39 is 17.4 Å². The third-order valence-corrected chi connectivity index (χ3v) is 2.75. The lowest BCUT2D eigenvalue weighted by atomic mass is 10.0. The molecule has 0 aliphatic heterocycles. The lowest BCUT2D eigenvalue weighted by Gasteiger charge is -2.24. The number of hydrogen-bond acceptors (Lipinski definition) is 4. The van der Waals surface area contributed by atoms with Gasteiger partial charge in [0.1, 0.15) is 5.69 Å². The maximum atomic E-state index is 12.0. The molecule has 1 aromatic heterocycles. The highest BCUT2D eigenvalue weighted by Gasteiger charge is 2.35. The molecule has 1 aromatic rings. The number of rotatable bonds is 6. The van der Waals surface area contributed by atoms with Gasteiger partial charge in [-0.3, -0.25) is 9.89 Å². The molecule has 0 aromatic carbocycles. The topological polar surface area (TPSA) is 104 Å². The van der Waals surface area contributed by atoms with Gasteiger partial charge < -0.3 is 15.2 Å². The molecular weight excluding hydrogens is 250 g/mol. The van der Waals surface area contributed by atoms with Crippen LogP contribution in [0.2, 0.25) is 0 Å². The van der Waals surface area contributed by atoms with E-state index in [2.05, 4.69) is 15.5 Å². The molecule has 0 radical (unpaired) electrons. The van der Waals surface area contributed by atoms with Crippen molar-refractivity contribution in [3.63, 3.8) is 0 Å². The molecule has 1 rings (SSSR count). The molecule has 0 aliphatic rings. The number of carboxylic acid groups (broad SMARTS) is 1. The summed E-state index contributed by atoms with van der Waals surface area (Å²) in [6.45, 7) is 5.17. The second kappa shape index (κ2) is 5.83. The molecule has 0 fully saturated rings. The van der Waals surface area contributed by atoms with Crippen molar-refractivity contribution in [3.8, 4) is 0 Å². The Balaban J connectivity index is 2.85. The van der Waals surface area contributed by atoms with E-state index in [1.54, 1.807) is 6.07 Å². The second-order valence-corrected chi connectivity index (χ2v) is 4.89. The fourth-order valence-electron chi connectivity index (χ4n) is 1.50. The van der Waals surface area contributed by atoms with Gasteiger partial charge in [-0.25, -0.2) is 4.79 Å². The Kier molecular flexibility index (Phi) is 4.66. The highest BCUT2D eigenvalue weighted by Crippen LogP contribution is 2.13. The number of aliphatic carboxylic acids is 1. The van der Waals surface area contributed by atoms with E-state index in [4.69, 9.17) is 9.84 Å². The summed E-state index contributed by atoms with van der Waals surface area (Å²) >= 11 is 0. The fourth-order valence-corrected chi connectivity index (χ4v) is 1.50. The van der Waals surface area contributed by atoms with Gasteiger partial charge in [-0.15, -0.1) is 0 Å². The van der Waals surface area contributed by atoms with E-state index >= 15 is 0 Å². The number of aromatic amines is 1. The smallest absolute Gasteiger partial charge is 0.331 e. The van der Waals surface area contributed by atoms with Gasteiger partial charge in [-0.05, 0) is 18.9 Å². The highest BCUT2D eigenvalue weighted by molar-refractivity contribution is 5.96. The molecule has 0 spiro atoms. The van der Waals surface area contributed by atoms with Crippen molar-refractivity contribution in [1.82, 2.24) is 15.5 Å². The lowest BCUT2D eigenvalue weighted by Crippen LogP contribution is -2.55. The van der Waals surface area contributed by atoms with Gasteiger partial charge in [0.05, 0.1) is 6.61 Å². The standard InChI is InChI=1S/C12H19N3O4/c1-7(2)8-5-9(15-14-8)10(16)13-12(3,6-19-4)11(17)18/h5,7H,6H2,1-4H3,(H,13,16)(H,14,15)(H,17,18).